The van der Waals surface area contributed by atoms with E-state index in [1.54, 1.807) is 0 Å². The van der Waals surface area contributed by atoms with Crippen LogP contribution in [0.4, 0.5) is 0 Å². The van der Waals surface area contributed by atoms with Crippen LogP contribution in [0.15, 0.2) is 24.3 Å². The molecule has 0 bridgehead atoms. The number of amides is 1. The molecule has 3 nitrogen and oxygen atoms in total. The van der Waals surface area contributed by atoms with Gasteiger partial charge in [-0.05, 0) is 30.4 Å². The minimum absolute atomic E-state index is 0.0393. The number of nitrogens with zero attached hydrogens (tertiary/aromatic N) is 1. The van der Waals surface area contributed by atoms with E-state index >= 15 is 0 Å². The van der Waals surface area contributed by atoms with E-state index in [1.807, 2.05) is 43.0 Å². The summed E-state index contributed by atoms with van der Waals surface area (Å²) in [6.07, 6.45) is 1.97. The van der Waals surface area contributed by atoms with Crippen molar-refractivity contribution in [1.29, 1.82) is 0 Å². The van der Waals surface area contributed by atoms with Gasteiger partial charge in [-0.25, -0.2) is 0 Å². The lowest BCUT2D eigenvalue weighted by Crippen LogP contribution is -2.46. The quantitative estimate of drug-likeness (QED) is 0.925. The van der Waals surface area contributed by atoms with Crippen molar-refractivity contribution in [3.8, 4) is 0 Å². The lowest BCUT2D eigenvalue weighted by molar-refractivity contribution is -0.134. The van der Waals surface area contributed by atoms with Gasteiger partial charge < -0.3 is 10.6 Å². The molecule has 2 rings (SSSR count). The van der Waals surface area contributed by atoms with E-state index in [9.17, 15) is 4.79 Å². The summed E-state index contributed by atoms with van der Waals surface area (Å²) >= 11 is 6.25. The van der Waals surface area contributed by atoms with Gasteiger partial charge in [0.05, 0.1) is 12.1 Å². The van der Waals surface area contributed by atoms with Crippen LogP contribution in [-0.4, -0.2) is 23.4 Å². The van der Waals surface area contributed by atoms with Crippen molar-refractivity contribution in [2.75, 3.05) is 6.54 Å². The summed E-state index contributed by atoms with van der Waals surface area (Å²) in [5.41, 5.74) is 7.03. The van der Waals surface area contributed by atoms with Crippen LogP contribution < -0.4 is 5.73 Å². The molecule has 1 aromatic rings. The van der Waals surface area contributed by atoms with Gasteiger partial charge in [0.25, 0.3) is 0 Å². The summed E-state index contributed by atoms with van der Waals surface area (Å²) in [5, 5.41) is 0.727. The largest absolute Gasteiger partial charge is 0.334 e. The number of nitrogens with two attached hydrogens (primary N) is 1. The molecule has 1 unspecified atom stereocenters. The maximum atomic E-state index is 12.4. The third-order valence-electron chi connectivity index (χ3n) is 3.80. The molecule has 1 saturated heterocycles. The van der Waals surface area contributed by atoms with E-state index in [2.05, 4.69) is 0 Å². The van der Waals surface area contributed by atoms with Crippen molar-refractivity contribution < 1.29 is 4.79 Å². The van der Waals surface area contributed by atoms with Crippen molar-refractivity contribution in [3.05, 3.63) is 34.9 Å². The lowest BCUT2D eigenvalue weighted by Gasteiger charge is -2.29. The third kappa shape index (κ3) is 2.93. The summed E-state index contributed by atoms with van der Waals surface area (Å²) in [6, 6.07) is 7.39. The van der Waals surface area contributed by atoms with Gasteiger partial charge in [-0.2, -0.15) is 0 Å². The van der Waals surface area contributed by atoms with Crippen molar-refractivity contribution >= 4 is 17.5 Å². The molecule has 0 radical (unpaired) electrons. The molecule has 1 aliphatic rings. The second kappa shape index (κ2) is 5.93. The predicted molar refractivity (Wildman–Crippen MR) is 78.0 cm³/mol. The highest BCUT2D eigenvalue weighted by Crippen LogP contribution is 2.36. The van der Waals surface area contributed by atoms with Crippen LogP contribution in [-0.2, 0) is 4.79 Å². The second-order valence-electron chi connectivity index (χ2n) is 5.48. The Bertz CT molecular complexity index is 461. The first-order valence-electron chi connectivity index (χ1n) is 6.83. The Hall–Kier alpha value is -1.06. The molecule has 1 amide bonds. The van der Waals surface area contributed by atoms with Gasteiger partial charge in [0.1, 0.15) is 0 Å². The fourth-order valence-electron chi connectivity index (χ4n) is 2.58. The zero-order chi connectivity index (χ0) is 14.0. The first-order valence-corrected chi connectivity index (χ1v) is 7.20. The van der Waals surface area contributed by atoms with E-state index in [-0.39, 0.29) is 17.9 Å². The monoisotopic (exact) mass is 280 g/mol. The lowest BCUT2D eigenvalue weighted by atomic mass is 10.0. The smallest absolute Gasteiger partial charge is 0.240 e. The molecular weight excluding hydrogens is 260 g/mol. The molecule has 104 valence electrons. The van der Waals surface area contributed by atoms with Gasteiger partial charge >= 0.3 is 0 Å². The van der Waals surface area contributed by atoms with Crippen LogP contribution in [0, 0.1) is 5.92 Å². The predicted octanol–water partition coefficient (Wildman–Crippen LogP) is 2.99. The van der Waals surface area contributed by atoms with Gasteiger partial charge in [-0.1, -0.05) is 43.6 Å². The molecule has 0 aliphatic carbocycles. The number of hydrogen-bond acceptors (Lipinski definition) is 2. The van der Waals surface area contributed by atoms with Gasteiger partial charge in [0.15, 0.2) is 0 Å². The van der Waals surface area contributed by atoms with Crippen molar-refractivity contribution in [2.45, 2.75) is 38.8 Å². The average Bonchev–Trinajstić information content (AvgIpc) is 2.86. The Morgan fingerprint density at radius 2 is 2.11 bits per heavy atom. The van der Waals surface area contributed by atoms with E-state index in [0.717, 1.165) is 30.0 Å². The number of carbonyl (C=O) groups is 1. The zero-order valence-corrected chi connectivity index (χ0v) is 12.2. The SMILES string of the molecule is CC(C)[C@@H](N)C(=O)N1CCCC1c1ccccc1Cl. The zero-order valence-electron chi connectivity index (χ0n) is 11.5. The number of rotatable bonds is 3. The Morgan fingerprint density at radius 1 is 1.42 bits per heavy atom. The highest BCUT2D eigenvalue weighted by Gasteiger charge is 2.34. The van der Waals surface area contributed by atoms with E-state index in [0.29, 0.717) is 0 Å². The summed E-state index contributed by atoms with van der Waals surface area (Å²) < 4.78 is 0. The fraction of sp³-hybridized carbons (Fsp3) is 0.533. The van der Waals surface area contributed by atoms with Crippen molar-refractivity contribution in [3.63, 3.8) is 0 Å². The maximum absolute atomic E-state index is 12.4. The van der Waals surface area contributed by atoms with Gasteiger partial charge in [-0.15, -0.1) is 0 Å². The third-order valence-corrected chi connectivity index (χ3v) is 4.15. The van der Waals surface area contributed by atoms with Crippen molar-refractivity contribution in [2.24, 2.45) is 11.7 Å². The van der Waals surface area contributed by atoms with E-state index < -0.39 is 6.04 Å². The average molecular weight is 281 g/mol. The molecule has 1 fully saturated rings. The van der Waals surface area contributed by atoms with Crippen LogP contribution in [0.25, 0.3) is 0 Å². The van der Waals surface area contributed by atoms with Crippen LogP contribution in [0.2, 0.25) is 5.02 Å². The minimum atomic E-state index is -0.428. The molecule has 2 N–H and O–H groups in total. The molecule has 1 aliphatic heterocycles. The maximum Gasteiger partial charge on any atom is 0.240 e. The standard InChI is InChI=1S/C15H21ClN2O/c1-10(2)14(17)15(19)18-9-5-8-13(18)11-6-3-4-7-12(11)16/h3-4,6-7,10,13-14H,5,8-9,17H2,1-2H3/t13?,14-/m1/s1. The molecule has 2 atom stereocenters. The highest BCUT2D eigenvalue weighted by atomic mass is 35.5. The summed E-state index contributed by atoms with van der Waals surface area (Å²) in [4.78, 5) is 14.3. The van der Waals surface area contributed by atoms with Crippen LogP contribution in [0.1, 0.15) is 38.3 Å². The first-order chi connectivity index (χ1) is 9.02. The van der Waals surface area contributed by atoms with Gasteiger partial charge in [-0.3, -0.25) is 4.79 Å². The normalized spacial score (nSPS) is 20.9. The molecule has 0 saturated carbocycles. The van der Waals surface area contributed by atoms with E-state index in [1.165, 1.54) is 0 Å². The molecule has 4 heteroatoms. The Kier molecular flexibility index (Phi) is 4.48. The van der Waals surface area contributed by atoms with E-state index in [4.69, 9.17) is 17.3 Å². The molecular formula is C15H21ClN2O. The summed E-state index contributed by atoms with van der Waals surface area (Å²) in [7, 11) is 0. The Morgan fingerprint density at radius 3 is 2.74 bits per heavy atom. The molecule has 1 aromatic carbocycles. The number of halogens is 1. The molecule has 1 heterocycles. The summed E-state index contributed by atoms with van der Waals surface area (Å²) in [5.74, 6) is 0.192. The highest BCUT2D eigenvalue weighted by molar-refractivity contribution is 6.31. The molecule has 0 aromatic heterocycles. The Balaban J connectivity index is 2.22. The summed E-state index contributed by atoms with van der Waals surface area (Å²) in [6.45, 7) is 4.72. The second-order valence-corrected chi connectivity index (χ2v) is 5.89. The fourth-order valence-corrected chi connectivity index (χ4v) is 2.84. The van der Waals surface area contributed by atoms with Gasteiger partial charge in [0.2, 0.25) is 5.91 Å². The molecule has 0 spiro atoms. The van der Waals surface area contributed by atoms with Crippen LogP contribution in [0.3, 0.4) is 0 Å². The number of likely N-dealkylation sites (tertiary alicyclic amines) is 1. The first kappa shape index (κ1) is 14.4. The minimum Gasteiger partial charge on any atom is -0.334 e. The molecule has 19 heavy (non-hydrogen) atoms. The number of carbonyl (C=O) groups excluding carboxylic acids is 1. The van der Waals surface area contributed by atoms with Gasteiger partial charge in [0, 0.05) is 11.6 Å². The Labute approximate surface area is 119 Å². The number of hydrogen-bond donors (Lipinski definition) is 1. The van der Waals surface area contributed by atoms with Crippen LogP contribution >= 0.6 is 11.6 Å². The topological polar surface area (TPSA) is 46.3 Å². The van der Waals surface area contributed by atoms with Crippen LogP contribution in [0.5, 0.6) is 0 Å². The number of benzene rings is 1. The van der Waals surface area contributed by atoms with Crippen molar-refractivity contribution in [1.82, 2.24) is 4.90 Å².